The van der Waals surface area contributed by atoms with Crippen molar-refractivity contribution < 1.29 is 4.79 Å². The Kier molecular flexibility index (Phi) is 3.15. The molecule has 3 aromatic carbocycles. The maximum atomic E-state index is 12.5. The molecule has 0 radical (unpaired) electrons. The average Bonchev–Trinajstić information content (AvgIpc) is 3.37. The van der Waals surface area contributed by atoms with Crippen LogP contribution in [-0.2, 0) is 4.79 Å². The van der Waals surface area contributed by atoms with Gasteiger partial charge in [0.1, 0.15) is 0 Å². The van der Waals surface area contributed by atoms with Crippen molar-refractivity contribution in [3.63, 3.8) is 0 Å². The third-order valence-corrected chi connectivity index (χ3v) is 4.40. The lowest BCUT2D eigenvalue weighted by Gasteiger charge is -2.08. The number of fused-ring (bicyclic) bond motifs is 1. The number of rotatable bonds is 3. The van der Waals surface area contributed by atoms with E-state index in [1.165, 1.54) is 5.56 Å². The molecule has 0 spiro atoms. The molecule has 4 rings (SSSR count). The number of amides is 1. The predicted molar refractivity (Wildman–Crippen MR) is 89.9 cm³/mol. The lowest BCUT2D eigenvalue weighted by molar-refractivity contribution is -0.117. The van der Waals surface area contributed by atoms with Gasteiger partial charge in [0.2, 0.25) is 5.91 Å². The number of nitrogens with one attached hydrogen (secondary N) is 1. The second kappa shape index (κ2) is 5.30. The summed E-state index contributed by atoms with van der Waals surface area (Å²) >= 11 is 0. The monoisotopic (exact) mass is 287 g/mol. The molecule has 1 amide bonds. The van der Waals surface area contributed by atoms with Gasteiger partial charge in [-0.15, -0.1) is 0 Å². The number of hydrogen-bond donors (Lipinski definition) is 1. The van der Waals surface area contributed by atoms with E-state index in [1.54, 1.807) is 0 Å². The smallest absolute Gasteiger partial charge is 0.228 e. The maximum absolute atomic E-state index is 12.5. The molecule has 0 heterocycles. The quantitative estimate of drug-likeness (QED) is 0.750. The Bertz CT molecular complexity index is 820. The van der Waals surface area contributed by atoms with Crippen molar-refractivity contribution >= 4 is 22.4 Å². The normalized spacial score (nSPS) is 19.8. The van der Waals surface area contributed by atoms with Crippen molar-refractivity contribution in [2.24, 2.45) is 5.92 Å². The third kappa shape index (κ3) is 2.37. The Morgan fingerprint density at radius 3 is 2.45 bits per heavy atom. The molecule has 1 saturated carbocycles. The topological polar surface area (TPSA) is 29.1 Å². The molecule has 1 aliphatic carbocycles. The summed E-state index contributed by atoms with van der Waals surface area (Å²) in [5.74, 6) is 0.600. The van der Waals surface area contributed by atoms with Crippen LogP contribution in [0.2, 0.25) is 0 Å². The van der Waals surface area contributed by atoms with Gasteiger partial charge in [-0.3, -0.25) is 4.79 Å². The predicted octanol–water partition coefficient (Wildman–Crippen LogP) is 4.58. The van der Waals surface area contributed by atoms with E-state index in [-0.39, 0.29) is 11.8 Å². The summed E-state index contributed by atoms with van der Waals surface area (Å²) in [6.07, 6.45) is 0.945. The molecule has 22 heavy (non-hydrogen) atoms. The van der Waals surface area contributed by atoms with Gasteiger partial charge in [0.05, 0.1) is 0 Å². The minimum atomic E-state index is 0.0985. The Hall–Kier alpha value is -2.61. The molecule has 0 saturated heterocycles. The third-order valence-electron chi connectivity index (χ3n) is 4.40. The molecule has 1 fully saturated rings. The SMILES string of the molecule is O=C(Nc1cccc2ccccc12)[C@@H]1C[C@H]1c1ccccc1. The van der Waals surface area contributed by atoms with Crippen LogP contribution in [0.4, 0.5) is 5.69 Å². The van der Waals surface area contributed by atoms with Crippen LogP contribution >= 0.6 is 0 Å². The fourth-order valence-corrected chi connectivity index (χ4v) is 3.11. The zero-order valence-electron chi connectivity index (χ0n) is 12.2. The van der Waals surface area contributed by atoms with Crippen molar-refractivity contribution in [2.45, 2.75) is 12.3 Å². The fraction of sp³-hybridized carbons (Fsp3) is 0.150. The number of hydrogen-bond acceptors (Lipinski definition) is 1. The average molecular weight is 287 g/mol. The van der Waals surface area contributed by atoms with Gasteiger partial charge in [0, 0.05) is 17.0 Å². The number of carbonyl (C=O) groups is 1. The fourth-order valence-electron chi connectivity index (χ4n) is 3.11. The number of carbonyl (C=O) groups excluding carboxylic acids is 1. The molecule has 0 unspecified atom stereocenters. The van der Waals surface area contributed by atoms with E-state index < -0.39 is 0 Å². The number of benzene rings is 3. The van der Waals surface area contributed by atoms with E-state index in [1.807, 2.05) is 48.5 Å². The van der Waals surface area contributed by atoms with Gasteiger partial charge in [-0.2, -0.15) is 0 Å². The molecule has 0 bridgehead atoms. The van der Waals surface area contributed by atoms with E-state index in [4.69, 9.17) is 0 Å². The van der Waals surface area contributed by atoms with Crippen LogP contribution in [-0.4, -0.2) is 5.91 Å². The largest absolute Gasteiger partial charge is 0.325 e. The van der Waals surface area contributed by atoms with Gasteiger partial charge in [-0.05, 0) is 29.4 Å². The molecule has 2 atom stereocenters. The van der Waals surface area contributed by atoms with Crippen LogP contribution in [0.1, 0.15) is 17.9 Å². The second-order valence-electron chi connectivity index (χ2n) is 5.88. The highest BCUT2D eigenvalue weighted by Crippen LogP contribution is 2.48. The van der Waals surface area contributed by atoms with Gasteiger partial charge in [0.15, 0.2) is 0 Å². The Morgan fingerprint density at radius 2 is 1.59 bits per heavy atom. The lowest BCUT2D eigenvalue weighted by atomic mass is 10.1. The highest BCUT2D eigenvalue weighted by Gasteiger charge is 2.43. The highest BCUT2D eigenvalue weighted by atomic mass is 16.2. The molecule has 108 valence electrons. The Balaban J connectivity index is 1.53. The molecule has 1 N–H and O–H groups in total. The summed E-state index contributed by atoms with van der Waals surface area (Å²) in [5, 5.41) is 5.35. The van der Waals surface area contributed by atoms with Crippen molar-refractivity contribution in [1.29, 1.82) is 0 Å². The van der Waals surface area contributed by atoms with Crippen molar-refractivity contribution in [2.75, 3.05) is 5.32 Å². The highest BCUT2D eigenvalue weighted by molar-refractivity contribution is 6.03. The summed E-state index contributed by atoms with van der Waals surface area (Å²) in [4.78, 5) is 12.5. The molecule has 2 nitrogen and oxygen atoms in total. The molecule has 2 heteroatoms. The van der Waals surface area contributed by atoms with Crippen LogP contribution in [0, 0.1) is 5.92 Å². The summed E-state index contributed by atoms with van der Waals surface area (Å²) in [7, 11) is 0. The van der Waals surface area contributed by atoms with Crippen LogP contribution < -0.4 is 5.32 Å². The standard InChI is InChI=1S/C20H17NO/c22-20(18-13-17(18)15-7-2-1-3-8-15)21-19-12-6-10-14-9-4-5-11-16(14)19/h1-12,17-18H,13H2,(H,21,22)/t17-,18+/m0/s1. The van der Waals surface area contributed by atoms with Gasteiger partial charge < -0.3 is 5.32 Å². The lowest BCUT2D eigenvalue weighted by Crippen LogP contribution is -2.14. The maximum Gasteiger partial charge on any atom is 0.228 e. The zero-order valence-corrected chi connectivity index (χ0v) is 12.2. The molecule has 0 aromatic heterocycles. The summed E-state index contributed by atoms with van der Waals surface area (Å²) < 4.78 is 0. The van der Waals surface area contributed by atoms with Crippen LogP contribution in [0.3, 0.4) is 0 Å². The Labute approximate surface area is 129 Å². The molecular formula is C20H17NO. The van der Waals surface area contributed by atoms with E-state index in [9.17, 15) is 4.79 Å². The van der Waals surface area contributed by atoms with Crippen molar-refractivity contribution in [3.05, 3.63) is 78.4 Å². The summed E-state index contributed by atoms with van der Waals surface area (Å²) in [5.41, 5.74) is 2.17. The molecule has 3 aromatic rings. The second-order valence-corrected chi connectivity index (χ2v) is 5.88. The first kappa shape index (κ1) is 13.1. The van der Waals surface area contributed by atoms with Gasteiger partial charge >= 0.3 is 0 Å². The zero-order chi connectivity index (χ0) is 14.9. The van der Waals surface area contributed by atoms with Crippen LogP contribution in [0.15, 0.2) is 72.8 Å². The number of anilines is 1. The molecule has 0 aliphatic heterocycles. The van der Waals surface area contributed by atoms with Crippen molar-refractivity contribution in [3.8, 4) is 0 Å². The van der Waals surface area contributed by atoms with E-state index in [0.29, 0.717) is 5.92 Å². The first-order chi connectivity index (χ1) is 10.8. The van der Waals surface area contributed by atoms with E-state index in [2.05, 4.69) is 29.6 Å². The molecular weight excluding hydrogens is 270 g/mol. The van der Waals surface area contributed by atoms with Gasteiger partial charge in [0.25, 0.3) is 0 Å². The first-order valence-corrected chi connectivity index (χ1v) is 7.66. The minimum Gasteiger partial charge on any atom is -0.325 e. The minimum absolute atomic E-state index is 0.0985. The summed E-state index contributed by atoms with van der Waals surface area (Å²) in [6, 6.07) is 24.4. The molecule has 1 aliphatic rings. The van der Waals surface area contributed by atoms with E-state index >= 15 is 0 Å². The Morgan fingerprint density at radius 1 is 0.864 bits per heavy atom. The van der Waals surface area contributed by atoms with Gasteiger partial charge in [-0.1, -0.05) is 66.7 Å². The van der Waals surface area contributed by atoms with Gasteiger partial charge in [-0.25, -0.2) is 0 Å². The van der Waals surface area contributed by atoms with E-state index in [0.717, 1.165) is 22.9 Å². The van der Waals surface area contributed by atoms with Crippen LogP contribution in [0.25, 0.3) is 10.8 Å². The van der Waals surface area contributed by atoms with Crippen LogP contribution in [0.5, 0.6) is 0 Å². The first-order valence-electron chi connectivity index (χ1n) is 7.66. The van der Waals surface area contributed by atoms with Crippen molar-refractivity contribution in [1.82, 2.24) is 0 Å². The summed E-state index contributed by atoms with van der Waals surface area (Å²) in [6.45, 7) is 0.